The van der Waals surface area contributed by atoms with Crippen molar-refractivity contribution in [1.29, 1.82) is 10.5 Å². The van der Waals surface area contributed by atoms with Crippen molar-refractivity contribution >= 4 is 16.7 Å². The van der Waals surface area contributed by atoms with Crippen LogP contribution in [0.5, 0.6) is 0 Å². The maximum atomic E-state index is 9.40. The van der Waals surface area contributed by atoms with E-state index in [0.717, 1.165) is 43.2 Å². The maximum Gasteiger partial charge on any atom is 0.164 e. The number of hydrogen-bond acceptors (Lipinski definition) is 9. The first-order chi connectivity index (χ1) is 17.6. The van der Waals surface area contributed by atoms with Crippen LogP contribution in [0.1, 0.15) is 56.2 Å². The summed E-state index contributed by atoms with van der Waals surface area (Å²) >= 11 is 0. The Kier molecular flexibility index (Phi) is 6.56. The third-order valence-corrected chi connectivity index (χ3v) is 6.75. The van der Waals surface area contributed by atoms with Crippen LogP contribution in [-0.2, 0) is 0 Å². The standard InChI is InChI=1S/C25H26N10O/c1-16(10-26)31-21-9-24(35-25-20(13-30-35)8-18(11-27)12-29-25)28-14-23(21)34-15-22(32-33-34)19-4-2-17(3-5-19)6-7-36/h8-9,12-17,19,36H,2-7H2,1H3,(H,28,31). The molecule has 4 aromatic heterocycles. The molecule has 0 aromatic carbocycles. The van der Waals surface area contributed by atoms with Gasteiger partial charge < -0.3 is 10.4 Å². The summed E-state index contributed by atoms with van der Waals surface area (Å²) in [7, 11) is 0. The molecule has 1 fully saturated rings. The Morgan fingerprint density at radius 1 is 1.14 bits per heavy atom. The van der Waals surface area contributed by atoms with Gasteiger partial charge in [-0.1, -0.05) is 5.21 Å². The van der Waals surface area contributed by atoms with Crippen molar-refractivity contribution in [2.75, 3.05) is 11.9 Å². The highest BCUT2D eigenvalue weighted by atomic mass is 16.3. The van der Waals surface area contributed by atoms with Gasteiger partial charge in [0.15, 0.2) is 11.5 Å². The van der Waals surface area contributed by atoms with Gasteiger partial charge in [-0.3, -0.25) is 0 Å². The van der Waals surface area contributed by atoms with Crippen molar-refractivity contribution in [3.8, 4) is 23.6 Å². The van der Waals surface area contributed by atoms with Crippen LogP contribution in [0.3, 0.4) is 0 Å². The van der Waals surface area contributed by atoms with E-state index >= 15 is 0 Å². The van der Waals surface area contributed by atoms with E-state index in [9.17, 15) is 10.4 Å². The van der Waals surface area contributed by atoms with E-state index in [0.29, 0.717) is 40.2 Å². The molecule has 0 amide bonds. The van der Waals surface area contributed by atoms with Crippen LogP contribution in [0.15, 0.2) is 36.9 Å². The normalized spacial score (nSPS) is 18.4. The summed E-state index contributed by atoms with van der Waals surface area (Å²) < 4.78 is 3.29. The molecule has 0 saturated heterocycles. The lowest BCUT2D eigenvalue weighted by Gasteiger charge is -2.26. The van der Waals surface area contributed by atoms with E-state index in [4.69, 9.17) is 5.26 Å². The second-order valence-electron chi connectivity index (χ2n) is 9.18. The van der Waals surface area contributed by atoms with Gasteiger partial charge in [-0.2, -0.15) is 20.3 Å². The molecule has 0 bridgehead atoms. The van der Waals surface area contributed by atoms with Gasteiger partial charge in [0.1, 0.15) is 17.8 Å². The second kappa shape index (κ2) is 10.1. The third-order valence-electron chi connectivity index (χ3n) is 6.75. The molecule has 4 aromatic rings. The predicted octanol–water partition coefficient (Wildman–Crippen LogP) is 3.25. The second-order valence-corrected chi connectivity index (χ2v) is 9.18. The minimum absolute atomic E-state index is 0.247. The Labute approximate surface area is 208 Å². The van der Waals surface area contributed by atoms with E-state index in [1.807, 2.05) is 6.20 Å². The van der Waals surface area contributed by atoms with Crippen molar-refractivity contribution in [3.63, 3.8) is 0 Å². The number of hydrogen-bond donors (Lipinski definition) is 2. The van der Waals surface area contributed by atoms with Gasteiger partial charge in [-0.05, 0) is 51.0 Å². The van der Waals surface area contributed by atoms with Crippen molar-refractivity contribution in [2.45, 2.75) is 51.0 Å². The Morgan fingerprint density at radius 2 is 1.97 bits per heavy atom. The van der Waals surface area contributed by atoms with Gasteiger partial charge in [-0.25, -0.2) is 14.6 Å². The predicted molar refractivity (Wildman–Crippen MR) is 131 cm³/mol. The highest BCUT2D eigenvalue weighted by Gasteiger charge is 2.25. The number of nitrogens with zero attached hydrogens (tertiary/aromatic N) is 9. The summed E-state index contributed by atoms with van der Waals surface area (Å²) in [5, 5.41) is 44.9. The van der Waals surface area contributed by atoms with Gasteiger partial charge in [-0.15, -0.1) is 5.10 Å². The van der Waals surface area contributed by atoms with Crippen LogP contribution in [0.25, 0.3) is 22.5 Å². The third kappa shape index (κ3) is 4.61. The van der Waals surface area contributed by atoms with E-state index in [2.05, 4.69) is 42.8 Å². The Bertz CT molecular complexity index is 1450. The molecule has 1 saturated carbocycles. The molecule has 1 unspecified atom stereocenters. The van der Waals surface area contributed by atoms with Crippen molar-refractivity contribution in [2.24, 2.45) is 5.92 Å². The average Bonchev–Trinajstić information content (AvgIpc) is 3.56. The Balaban J connectivity index is 1.46. The molecular formula is C25H26N10O. The lowest BCUT2D eigenvalue weighted by molar-refractivity contribution is 0.221. The first-order valence-corrected chi connectivity index (χ1v) is 12.0. The summed E-state index contributed by atoms with van der Waals surface area (Å²) in [6, 6.07) is 7.36. The highest BCUT2D eigenvalue weighted by molar-refractivity contribution is 5.77. The summed E-state index contributed by atoms with van der Waals surface area (Å²) in [4.78, 5) is 8.97. The van der Waals surface area contributed by atoms with E-state index in [1.165, 1.54) is 6.20 Å². The minimum atomic E-state index is -0.450. The molecular weight excluding hydrogens is 456 g/mol. The SMILES string of the molecule is CC(C#N)Nc1cc(-n2ncc3cc(C#N)cnc32)ncc1-n1cc(C2CCC(CCO)CC2)nn1. The van der Waals surface area contributed by atoms with E-state index < -0.39 is 6.04 Å². The molecule has 36 heavy (non-hydrogen) atoms. The molecule has 0 aliphatic heterocycles. The fourth-order valence-electron chi connectivity index (χ4n) is 4.78. The first kappa shape index (κ1) is 23.4. The Hall–Kier alpha value is -4.35. The van der Waals surface area contributed by atoms with E-state index in [1.54, 1.807) is 40.8 Å². The summed E-state index contributed by atoms with van der Waals surface area (Å²) in [5.74, 6) is 1.44. The zero-order valence-electron chi connectivity index (χ0n) is 19.9. The Morgan fingerprint density at radius 3 is 2.72 bits per heavy atom. The van der Waals surface area contributed by atoms with Gasteiger partial charge in [0, 0.05) is 30.2 Å². The van der Waals surface area contributed by atoms with Crippen LogP contribution in [-0.4, -0.2) is 52.5 Å². The molecule has 11 heteroatoms. The molecule has 182 valence electrons. The van der Waals surface area contributed by atoms with Crippen LogP contribution in [0.2, 0.25) is 0 Å². The average molecular weight is 483 g/mol. The maximum absolute atomic E-state index is 9.40. The zero-order chi connectivity index (χ0) is 25.1. The largest absolute Gasteiger partial charge is 0.396 e. The topological polar surface area (TPSA) is 154 Å². The monoisotopic (exact) mass is 482 g/mol. The number of aromatic nitrogens is 7. The number of pyridine rings is 2. The van der Waals surface area contributed by atoms with Crippen molar-refractivity contribution < 1.29 is 5.11 Å². The quantitative estimate of drug-likeness (QED) is 0.404. The van der Waals surface area contributed by atoms with Gasteiger partial charge in [0.05, 0.1) is 41.6 Å². The molecule has 0 radical (unpaired) electrons. The van der Waals surface area contributed by atoms with Gasteiger partial charge >= 0.3 is 0 Å². The van der Waals surface area contributed by atoms with E-state index in [-0.39, 0.29) is 6.61 Å². The molecule has 5 rings (SSSR count). The number of rotatable bonds is 7. The molecule has 0 spiro atoms. The summed E-state index contributed by atoms with van der Waals surface area (Å²) in [6.45, 7) is 2.02. The number of aliphatic hydroxyl groups is 1. The molecule has 4 heterocycles. The van der Waals surface area contributed by atoms with Gasteiger partial charge in [0.2, 0.25) is 0 Å². The molecule has 2 N–H and O–H groups in total. The fourth-order valence-corrected chi connectivity index (χ4v) is 4.78. The number of nitrogens with one attached hydrogen (secondary N) is 1. The minimum Gasteiger partial charge on any atom is -0.396 e. The molecule has 1 aliphatic rings. The summed E-state index contributed by atoms with van der Waals surface area (Å²) in [6.07, 6.45) is 11.9. The lowest BCUT2D eigenvalue weighted by atomic mass is 9.79. The zero-order valence-corrected chi connectivity index (χ0v) is 19.9. The number of nitriles is 2. The number of fused-ring (bicyclic) bond motifs is 1. The highest BCUT2D eigenvalue weighted by Crippen LogP contribution is 2.36. The molecule has 11 nitrogen and oxygen atoms in total. The van der Waals surface area contributed by atoms with Crippen LogP contribution < -0.4 is 5.32 Å². The van der Waals surface area contributed by atoms with Crippen molar-refractivity contribution in [1.82, 2.24) is 34.7 Å². The van der Waals surface area contributed by atoms with Crippen LogP contribution >= 0.6 is 0 Å². The smallest absolute Gasteiger partial charge is 0.164 e. The first-order valence-electron chi connectivity index (χ1n) is 12.0. The molecule has 1 aliphatic carbocycles. The van der Waals surface area contributed by atoms with Gasteiger partial charge in [0.25, 0.3) is 0 Å². The van der Waals surface area contributed by atoms with Crippen molar-refractivity contribution in [3.05, 3.63) is 48.2 Å². The van der Waals surface area contributed by atoms with Crippen LogP contribution in [0.4, 0.5) is 5.69 Å². The fraction of sp³-hybridized carbons (Fsp3) is 0.400. The summed E-state index contributed by atoms with van der Waals surface area (Å²) in [5.41, 5.74) is 3.31. The number of aliphatic hydroxyl groups excluding tert-OH is 1. The van der Waals surface area contributed by atoms with Crippen LogP contribution in [0, 0.1) is 28.6 Å². The molecule has 1 atom stereocenters. The lowest BCUT2D eigenvalue weighted by Crippen LogP contribution is -2.16. The number of anilines is 1.